The molecule has 3 atom stereocenters. The lowest BCUT2D eigenvalue weighted by atomic mass is 9.72. The Bertz CT molecular complexity index is 1140. The van der Waals surface area contributed by atoms with E-state index in [4.69, 9.17) is 0 Å². The van der Waals surface area contributed by atoms with Gasteiger partial charge in [-0.2, -0.15) is 0 Å². The number of para-hydroxylation sites is 1. The second-order valence-corrected chi connectivity index (χ2v) is 8.09. The lowest BCUT2D eigenvalue weighted by molar-refractivity contribution is -0.0484. The van der Waals surface area contributed by atoms with Crippen LogP contribution < -0.4 is 10.2 Å². The van der Waals surface area contributed by atoms with E-state index < -0.39 is 17.7 Å². The molecule has 2 aromatic carbocycles. The molecule has 0 radical (unpaired) electrons. The molecular formula is C24H22F2N4O2. The summed E-state index contributed by atoms with van der Waals surface area (Å²) in [4.78, 5) is 20.9. The summed E-state index contributed by atoms with van der Waals surface area (Å²) in [7, 11) is 0. The van der Waals surface area contributed by atoms with Crippen LogP contribution in [-0.4, -0.2) is 46.3 Å². The Morgan fingerprint density at radius 2 is 1.91 bits per heavy atom. The maximum absolute atomic E-state index is 14.1. The van der Waals surface area contributed by atoms with Crippen LogP contribution >= 0.6 is 0 Å². The SMILES string of the molecule is O=C(Nc1cc(F)ccc1F)N1C[C@H]2[C@@H](c3ccccc31)[C@H](CO)N2Cc1ccncc1. The van der Waals surface area contributed by atoms with Gasteiger partial charge in [-0.3, -0.25) is 14.8 Å². The zero-order valence-corrected chi connectivity index (χ0v) is 17.2. The van der Waals surface area contributed by atoms with Gasteiger partial charge in [0.25, 0.3) is 0 Å². The number of fused-ring (bicyclic) bond motifs is 3. The minimum absolute atomic E-state index is 0.00127. The highest BCUT2D eigenvalue weighted by atomic mass is 19.1. The molecule has 2 aliphatic rings. The monoisotopic (exact) mass is 436 g/mol. The molecule has 1 fully saturated rings. The molecule has 1 saturated heterocycles. The Morgan fingerprint density at radius 1 is 1.12 bits per heavy atom. The normalized spacial score (nSPS) is 22.0. The lowest BCUT2D eigenvalue weighted by Crippen LogP contribution is -2.69. The number of anilines is 2. The summed E-state index contributed by atoms with van der Waals surface area (Å²) in [6, 6.07) is 13.7. The van der Waals surface area contributed by atoms with Gasteiger partial charge >= 0.3 is 6.03 Å². The number of halogens is 2. The van der Waals surface area contributed by atoms with Crippen molar-refractivity contribution in [3.8, 4) is 0 Å². The topological polar surface area (TPSA) is 68.7 Å². The molecule has 0 saturated carbocycles. The molecule has 0 spiro atoms. The third-order valence-corrected chi connectivity index (χ3v) is 6.35. The fourth-order valence-corrected chi connectivity index (χ4v) is 4.87. The Labute approximate surface area is 184 Å². The molecule has 3 heterocycles. The summed E-state index contributed by atoms with van der Waals surface area (Å²) in [6.45, 7) is 0.985. The summed E-state index contributed by atoms with van der Waals surface area (Å²) in [5.74, 6) is -1.26. The number of carbonyl (C=O) groups is 1. The Hall–Kier alpha value is -3.36. The molecule has 0 aliphatic carbocycles. The third kappa shape index (κ3) is 3.51. The number of pyridine rings is 1. The highest BCUT2D eigenvalue weighted by molar-refractivity contribution is 6.03. The van der Waals surface area contributed by atoms with Crippen LogP contribution in [0.25, 0.3) is 0 Å². The van der Waals surface area contributed by atoms with E-state index in [9.17, 15) is 18.7 Å². The van der Waals surface area contributed by atoms with Crippen LogP contribution in [0.2, 0.25) is 0 Å². The van der Waals surface area contributed by atoms with E-state index in [-0.39, 0.29) is 30.3 Å². The van der Waals surface area contributed by atoms with Gasteiger partial charge in [-0.1, -0.05) is 18.2 Å². The Morgan fingerprint density at radius 3 is 2.69 bits per heavy atom. The molecule has 8 heteroatoms. The van der Waals surface area contributed by atoms with E-state index in [0.717, 1.165) is 29.3 Å². The van der Waals surface area contributed by atoms with Crippen molar-refractivity contribution >= 4 is 17.4 Å². The Kier molecular flexibility index (Phi) is 5.32. The first-order valence-electron chi connectivity index (χ1n) is 10.4. The highest BCUT2D eigenvalue weighted by Crippen LogP contribution is 2.48. The molecule has 5 rings (SSSR count). The van der Waals surface area contributed by atoms with Gasteiger partial charge in [-0.05, 0) is 41.5 Å². The number of hydrogen-bond donors (Lipinski definition) is 2. The number of benzene rings is 2. The lowest BCUT2D eigenvalue weighted by Gasteiger charge is -2.59. The first kappa shape index (κ1) is 20.5. The molecule has 0 unspecified atom stereocenters. The van der Waals surface area contributed by atoms with Crippen LogP contribution in [0.15, 0.2) is 67.0 Å². The number of amides is 2. The summed E-state index contributed by atoms with van der Waals surface area (Å²) in [5, 5.41) is 12.6. The van der Waals surface area contributed by atoms with Crippen LogP contribution in [0.3, 0.4) is 0 Å². The minimum atomic E-state index is -0.703. The summed E-state index contributed by atoms with van der Waals surface area (Å²) < 4.78 is 27.7. The molecule has 32 heavy (non-hydrogen) atoms. The van der Waals surface area contributed by atoms with Gasteiger partial charge in [0, 0.05) is 55.2 Å². The fraction of sp³-hybridized carbons (Fsp3) is 0.250. The number of aliphatic hydroxyl groups excluding tert-OH is 1. The number of carbonyl (C=O) groups excluding carboxylic acids is 1. The quantitative estimate of drug-likeness (QED) is 0.654. The molecule has 0 bridgehead atoms. The maximum atomic E-state index is 14.1. The minimum Gasteiger partial charge on any atom is -0.395 e. The van der Waals surface area contributed by atoms with Crippen molar-refractivity contribution in [1.29, 1.82) is 0 Å². The van der Waals surface area contributed by atoms with Gasteiger partial charge in [0.1, 0.15) is 11.6 Å². The van der Waals surface area contributed by atoms with Gasteiger partial charge in [0.05, 0.1) is 12.3 Å². The zero-order chi connectivity index (χ0) is 22.2. The Balaban J connectivity index is 1.45. The molecule has 164 valence electrons. The summed E-state index contributed by atoms with van der Waals surface area (Å²) in [5.41, 5.74) is 2.53. The second kappa shape index (κ2) is 8.29. The largest absolute Gasteiger partial charge is 0.395 e. The van der Waals surface area contributed by atoms with Crippen molar-refractivity contribution in [1.82, 2.24) is 9.88 Å². The van der Waals surface area contributed by atoms with Gasteiger partial charge in [-0.15, -0.1) is 0 Å². The van der Waals surface area contributed by atoms with Crippen LogP contribution in [0.5, 0.6) is 0 Å². The first-order valence-corrected chi connectivity index (χ1v) is 10.4. The molecule has 6 nitrogen and oxygen atoms in total. The van der Waals surface area contributed by atoms with E-state index in [1.165, 1.54) is 0 Å². The standard InChI is InChI=1S/C24H22F2N4O2/c25-16-5-6-18(26)19(11-16)28-24(32)30-13-21-23(17-3-1-2-4-20(17)30)22(14-31)29(21)12-15-7-9-27-10-8-15/h1-11,21-23,31H,12-14H2,(H,28,32)/t21-,22-,23+/m0/s1. The summed E-state index contributed by atoms with van der Waals surface area (Å²) in [6.07, 6.45) is 3.45. The van der Waals surface area contributed by atoms with E-state index in [0.29, 0.717) is 18.8 Å². The number of hydrogen-bond acceptors (Lipinski definition) is 4. The number of nitrogens with one attached hydrogen (secondary N) is 1. The van der Waals surface area contributed by atoms with Gasteiger partial charge in [-0.25, -0.2) is 13.6 Å². The van der Waals surface area contributed by atoms with Crippen LogP contribution in [-0.2, 0) is 6.54 Å². The van der Waals surface area contributed by atoms with Crippen molar-refractivity contribution in [2.24, 2.45) is 0 Å². The van der Waals surface area contributed by atoms with Crippen LogP contribution in [0, 0.1) is 11.6 Å². The average Bonchev–Trinajstić information content (AvgIpc) is 2.80. The number of nitrogens with zero attached hydrogens (tertiary/aromatic N) is 3. The van der Waals surface area contributed by atoms with Crippen molar-refractivity contribution < 1.29 is 18.7 Å². The van der Waals surface area contributed by atoms with Crippen LogP contribution in [0.4, 0.5) is 25.0 Å². The van der Waals surface area contributed by atoms with Crippen molar-refractivity contribution in [2.75, 3.05) is 23.4 Å². The predicted octanol–water partition coefficient (Wildman–Crippen LogP) is 3.74. The van der Waals surface area contributed by atoms with E-state index >= 15 is 0 Å². The number of aromatic nitrogens is 1. The van der Waals surface area contributed by atoms with E-state index in [2.05, 4.69) is 15.2 Å². The van der Waals surface area contributed by atoms with Crippen LogP contribution in [0.1, 0.15) is 17.0 Å². The molecule has 1 aromatic heterocycles. The molecule has 2 aliphatic heterocycles. The van der Waals surface area contributed by atoms with Gasteiger partial charge in [0.2, 0.25) is 0 Å². The van der Waals surface area contributed by atoms with Crippen molar-refractivity contribution in [3.63, 3.8) is 0 Å². The molecular weight excluding hydrogens is 414 g/mol. The third-order valence-electron chi connectivity index (χ3n) is 6.35. The van der Waals surface area contributed by atoms with Crippen molar-refractivity contribution in [2.45, 2.75) is 24.5 Å². The van der Waals surface area contributed by atoms with Gasteiger partial charge in [0.15, 0.2) is 0 Å². The number of aliphatic hydroxyl groups is 1. The van der Waals surface area contributed by atoms with E-state index in [1.54, 1.807) is 17.3 Å². The second-order valence-electron chi connectivity index (χ2n) is 8.09. The molecule has 2 amide bonds. The fourth-order valence-electron chi connectivity index (χ4n) is 4.87. The number of likely N-dealkylation sites (tertiary alicyclic amines) is 1. The summed E-state index contributed by atoms with van der Waals surface area (Å²) >= 11 is 0. The molecule has 2 N–H and O–H groups in total. The highest BCUT2D eigenvalue weighted by Gasteiger charge is 2.53. The zero-order valence-electron chi connectivity index (χ0n) is 17.2. The smallest absolute Gasteiger partial charge is 0.326 e. The van der Waals surface area contributed by atoms with Crippen molar-refractivity contribution in [3.05, 3.63) is 89.8 Å². The first-order chi connectivity index (χ1) is 15.6. The van der Waals surface area contributed by atoms with Gasteiger partial charge < -0.3 is 10.4 Å². The average molecular weight is 436 g/mol. The number of rotatable bonds is 4. The van der Waals surface area contributed by atoms with E-state index in [1.807, 2.05) is 36.4 Å². The maximum Gasteiger partial charge on any atom is 0.326 e. The molecule has 3 aromatic rings. The number of urea groups is 1. The predicted molar refractivity (Wildman–Crippen MR) is 116 cm³/mol.